The lowest BCUT2D eigenvalue weighted by Crippen LogP contribution is -2.30. The molecule has 1 amide bonds. The second kappa shape index (κ2) is 5.76. The van der Waals surface area contributed by atoms with Gasteiger partial charge in [-0.2, -0.15) is 0 Å². The molecule has 0 spiro atoms. The largest absolute Gasteiger partial charge is 0.450 e. The molecule has 4 heteroatoms. The van der Waals surface area contributed by atoms with Crippen LogP contribution in [0.2, 0.25) is 0 Å². The van der Waals surface area contributed by atoms with Gasteiger partial charge in [0, 0.05) is 24.0 Å². The number of nitrogens with zero attached hydrogens (tertiary/aromatic N) is 1. The van der Waals surface area contributed by atoms with Crippen LogP contribution < -0.4 is 5.32 Å². The van der Waals surface area contributed by atoms with Gasteiger partial charge in [0.1, 0.15) is 5.58 Å². The Morgan fingerprint density at radius 2 is 2.05 bits per heavy atom. The van der Waals surface area contributed by atoms with Crippen LogP contribution in [0.5, 0.6) is 0 Å². The fourth-order valence-electron chi connectivity index (χ4n) is 3.50. The normalized spacial score (nSPS) is 18.4. The molecule has 1 unspecified atom stereocenters. The standard InChI is InChI=1S/C18H24N2O2/c1-11-5-6-12(2)16-15(11)13(3)17(22-16)18(21)20-8-7-14(10-20)9-19-4/h5-6,14,19H,7-10H2,1-4H3. The average molecular weight is 300 g/mol. The molecule has 1 aromatic carbocycles. The molecule has 1 aliphatic heterocycles. The monoisotopic (exact) mass is 300 g/mol. The highest BCUT2D eigenvalue weighted by Crippen LogP contribution is 2.32. The van der Waals surface area contributed by atoms with Crippen LogP contribution in [0.1, 0.15) is 33.7 Å². The van der Waals surface area contributed by atoms with Crippen LogP contribution in [0, 0.1) is 26.7 Å². The molecule has 22 heavy (non-hydrogen) atoms. The number of rotatable bonds is 3. The van der Waals surface area contributed by atoms with Gasteiger partial charge in [-0.05, 0) is 57.8 Å². The lowest BCUT2D eigenvalue weighted by Gasteiger charge is -2.15. The van der Waals surface area contributed by atoms with Gasteiger partial charge in [-0.25, -0.2) is 0 Å². The Hall–Kier alpha value is -1.81. The number of carbonyl (C=O) groups is 1. The SMILES string of the molecule is CNCC1CCN(C(=O)c2oc3c(C)ccc(C)c3c2C)C1. The van der Waals surface area contributed by atoms with Gasteiger partial charge in [-0.1, -0.05) is 12.1 Å². The Labute approximate surface area is 131 Å². The number of hydrogen-bond donors (Lipinski definition) is 1. The minimum atomic E-state index is 0.0334. The molecule has 1 atom stereocenters. The van der Waals surface area contributed by atoms with E-state index < -0.39 is 0 Å². The summed E-state index contributed by atoms with van der Waals surface area (Å²) >= 11 is 0. The summed E-state index contributed by atoms with van der Waals surface area (Å²) in [6.45, 7) is 8.68. The van der Waals surface area contributed by atoms with Gasteiger partial charge in [0.25, 0.3) is 5.91 Å². The summed E-state index contributed by atoms with van der Waals surface area (Å²) < 4.78 is 5.97. The lowest BCUT2D eigenvalue weighted by molar-refractivity contribution is 0.0757. The Morgan fingerprint density at radius 1 is 1.32 bits per heavy atom. The number of fused-ring (bicyclic) bond motifs is 1. The van der Waals surface area contributed by atoms with Crippen LogP contribution >= 0.6 is 0 Å². The highest BCUT2D eigenvalue weighted by molar-refractivity contribution is 6.00. The Kier molecular flexibility index (Phi) is 3.96. The zero-order valence-corrected chi connectivity index (χ0v) is 13.8. The van der Waals surface area contributed by atoms with Crippen molar-refractivity contribution in [2.45, 2.75) is 27.2 Å². The molecular formula is C18H24N2O2. The van der Waals surface area contributed by atoms with Crippen LogP contribution in [0.25, 0.3) is 11.0 Å². The first-order valence-electron chi connectivity index (χ1n) is 7.96. The molecule has 1 fully saturated rings. The first-order chi connectivity index (χ1) is 10.5. The molecule has 1 aromatic heterocycles. The molecule has 0 radical (unpaired) electrons. The van der Waals surface area contributed by atoms with Crippen molar-refractivity contribution in [3.63, 3.8) is 0 Å². The van der Waals surface area contributed by atoms with E-state index in [2.05, 4.69) is 18.3 Å². The minimum Gasteiger partial charge on any atom is -0.450 e. The number of nitrogens with one attached hydrogen (secondary N) is 1. The van der Waals surface area contributed by atoms with Crippen molar-refractivity contribution < 1.29 is 9.21 Å². The lowest BCUT2D eigenvalue weighted by atomic mass is 10.0. The Balaban J connectivity index is 1.94. The van der Waals surface area contributed by atoms with E-state index in [1.165, 1.54) is 0 Å². The Morgan fingerprint density at radius 3 is 2.73 bits per heavy atom. The van der Waals surface area contributed by atoms with Crippen molar-refractivity contribution in [3.05, 3.63) is 34.6 Å². The van der Waals surface area contributed by atoms with Gasteiger partial charge in [0.05, 0.1) is 0 Å². The molecule has 1 saturated heterocycles. The number of aryl methyl sites for hydroxylation is 3. The van der Waals surface area contributed by atoms with Crippen molar-refractivity contribution >= 4 is 16.9 Å². The highest BCUT2D eigenvalue weighted by atomic mass is 16.3. The first kappa shape index (κ1) is 15.1. The molecule has 4 nitrogen and oxygen atoms in total. The molecule has 0 saturated carbocycles. The predicted molar refractivity (Wildman–Crippen MR) is 88.4 cm³/mol. The van der Waals surface area contributed by atoms with Gasteiger partial charge < -0.3 is 14.6 Å². The predicted octanol–water partition coefficient (Wildman–Crippen LogP) is 3.04. The summed E-state index contributed by atoms with van der Waals surface area (Å²) in [7, 11) is 1.96. The van der Waals surface area contributed by atoms with E-state index in [0.717, 1.165) is 53.7 Å². The van der Waals surface area contributed by atoms with Crippen molar-refractivity contribution in [3.8, 4) is 0 Å². The van der Waals surface area contributed by atoms with Gasteiger partial charge in [0.2, 0.25) is 0 Å². The fraction of sp³-hybridized carbons (Fsp3) is 0.500. The zero-order valence-electron chi connectivity index (χ0n) is 13.8. The second-order valence-corrected chi connectivity index (χ2v) is 6.42. The van der Waals surface area contributed by atoms with Gasteiger partial charge in [0.15, 0.2) is 5.76 Å². The summed E-state index contributed by atoms with van der Waals surface area (Å²) in [6.07, 6.45) is 1.06. The first-order valence-corrected chi connectivity index (χ1v) is 7.96. The van der Waals surface area contributed by atoms with E-state index in [1.807, 2.05) is 31.9 Å². The maximum Gasteiger partial charge on any atom is 0.289 e. The third kappa shape index (κ3) is 2.41. The zero-order chi connectivity index (χ0) is 15.9. The molecule has 3 rings (SSSR count). The smallest absolute Gasteiger partial charge is 0.289 e. The van der Waals surface area contributed by atoms with Crippen LogP contribution in [0.4, 0.5) is 0 Å². The molecule has 2 aromatic rings. The van der Waals surface area contributed by atoms with Crippen LogP contribution in [0.3, 0.4) is 0 Å². The molecular weight excluding hydrogens is 276 g/mol. The summed E-state index contributed by atoms with van der Waals surface area (Å²) in [5.74, 6) is 1.09. The summed E-state index contributed by atoms with van der Waals surface area (Å²) in [5, 5.41) is 4.29. The van der Waals surface area contributed by atoms with Crippen LogP contribution in [-0.2, 0) is 0 Å². The van der Waals surface area contributed by atoms with E-state index in [-0.39, 0.29) is 5.91 Å². The molecule has 0 aliphatic carbocycles. The summed E-state index contributed by atoms with van der Waals surface area (Å²) in [6, 6.07) is 4.14. The van der Waals surface area contributed by atoms with Crippen LogP contribution in [0.15, 0.2) is 16.5 Å². The molecule has 0 bridgehead atoms. The molecule has 1 aliphatic rings. The number of carbonyl (C=O) groups excluding carboxylic acids is 1. The van der Waals surface area contributed by atoms with E-state index >= 15 is 0 Å². The number of amides is 1. The number of hydrogen-bond acceptors (Lipinski definition) is 3. The van der Waals surface area contributed by atoms with Gasteiger partial charge in [-0.15, -0.1) is 0 Å². The minimum absolute atomic E-state index is 0.0334. The molecule has 118 valence electrons. The van der Waals surface area contributed by atoms with Gasteiger partial charge in [-0.3, -0.25) is 4.79 Å². The summed E-state index contributed by atoms with van der Waals surface area (Å²) in [5.41, 5.74) is 4.07. The number of benzene rings is 1. The van der Waals surface area contributed by atoms with Crippen molar-refractivity contribution in [1.82, 2.24) is 10.2 Å². The van der Waals surface area contributed by atoms with Gasteiger partial charge >= 0.3 is 0 Å². The highest BCUT2D eigenvalue weighted by Gasteiger charge is 2.30. The fourth-order valence-corrected chi connectivity index (χ4v) is 3.50. The van der Waals surface area contributed by atoms with Crippen molar-refractivity contribution in [2.75, 3.05) is 26.7 Å². The van der Waals surface area contributed by atoms with E-state index in [9.17, 15) is 4.79 Å². The van der Waals surface area contributed by atoms with E-state index in [4.69, 9.17) is 4.42 Å². The maximum absolute atomic E-state index is 12.8. The Bertz CT molecular complexity index is 717. The topological polar surface area (TPSA) is 45.5 Å². The van der Waals surface area contributed by atoms with Crippen molar-refractivity contribution in [2.24, 2.45) is 5.92 Å². The molecule has 2 heterocycles. The van der Waals surface area contributed by atoms with E-state index in [1.54, 1.807) is 0 Å². The average Bonchev–Trinajstić information content (AvgIpc) is 3.08. The van der Waals surface area contributed by atoms with Crippen molar-refractivity contribution in [1.29, 1.82) is 0 Å². The maximum atomic E-state index is 12.8. The van der Waals surface area contributed by atoms with Crippen LogP contribution in [-0.4, -0.2) is 37.5 Å². The summed E-state index contributed by atoms with van der Waals surface area (Å²) in [4.78, 5) is 14.7. The third-order valence-corrected chi connectivity index (χ3v) is 4.74. The quantitative estimate of drug-likeness (QED) is 0.947. The van der Waals surface area contributed by atoms with E-state index in [0.29, 0.717) is 11.7 Å². The number of likely N-dealkylation sites (tertiary alicyclic amines) is 1. The second-order valence-electron chi connectivity index (χ2n) is 6.42. The third-order valence-electron chi connectivity index (χ3n) is 4.74. The number of furan rings is 1. The molecule has 1 N–H and O–H groups in total.